The van der Waals surface area contributed by atoms with Crippen molar-refractivity contribution in [1.82, 2.24) is 0 Å². The topological polar surface area (TPSA) is 80.9 Å². The molecule has 3 aliphatic carbocycles. The molecule has 0 heterocycles. The van der Waals surface area contributed by atoms with Crippen molar-refractivity contribution in [3.63, 3.8) is 0 Å². The predicted octanol–water partition coefficient (Wildman–Crippen LogP) is 4.68. The summed E-state index contributed by atoms with van der Waals surface area (Å²) in [5.41, 5.74) is 2.65. The standard InChI is InChI=1S/C27H44O4/c1-18(7-5-13-26(3,31)17-28)23-11-12-24-20(8-6-14-27(23,24)4)9-10-21-15-22(29)16-25(30)19(21)2/h9-10,18,22-25,28-31H,2,5-8,11-17H2,1,3-4H3/t18-,22-,23-,24?,25?,26-,27-/m1/s1. The van der Waals surface area contributed by atoms with Gasteiger partial charge in [0.25, 0.3) is 0 Å². The maximum atomic E-state index is 10.1. The smallest absolute Gasteiger partial charge is 0.0849 e. The zero-order valence-electron chi connectivity index (χ0n) is 19.8. The largest absolute Gasteiger partial charge is 0.393 e. The first kappa shape index (κ1) is 24.7. The van der Waals surface area contributed by atoms with Crippen molar-refractivity contribution in [3.05, 3.63) is 35.5 Å². The van der Waals surface area contributed by atoms with Crippen molar-refractivity contribution < 1.29 is 20.4 Å². The Morgan fingerprint density at radius 3 is 2.71 bits per heavy atom. The Morgan fingerprint density at radius 1 is 1.26 bits per heavy atom. The minimum absolute atomic E-state index is 0.172. The minimum atomic E-state index is -0.958. The van der Waals surface area contributed by atoms with Crippen LogP contribution in [0, 0.1) is 23.2 Å². The molecule has 3 aliphatic rings. The van der Waals surface area contributed by atoms with Gasteiger partial charge in [-0.2, -0.15) is 0 Å². The molecule has 0 amide bonds. The van der Waals surface area contributed by atoms with E-state index in [0.29, 0.717) is 42.4 Å². The summed E-state index contributed by atoms with van der Waals surface area (Å²) in [5.74, 6) is 1.92. The van der Waals surface area contributed by atoms with Gasteiger partial charge in [-0.3, -0.25) is 0 Å². The fraction of sp³-hybridized carbons (Fsp3) is 0.778. The highest BCUT2D eigenvalue weighted by atomic mass is 16.3. The molecule has 4 heteroatoms. The van der Waals surface area contributed by atoms with Crippen molar-refractivity contribution in [2.24, 2.45) is 23.2 Å². The summed E-state index contributed by atoms with van der Waals surface area (Å²) in [7, 11) is 0. The van der Waals surface area contributed by atoms with E-state index in [1.807, 2.05) is 0 Å². The molecule has 3 saturated carbocycles. The van der Waals surface area contributed by atoms with E-state index in [9.17, 15) is 20.4 Å². The fourth-order valence-electron chi connectivity index (χ4n) is 6.76. The maximum absolute atomic E-state index is 10.1. The highest BCUT2D eigenvalue weighted by Crippen LogP contribution is 2.60. The molecule has 31 heavy (non-hydrogen) atoms. The third kappa shape index (κ3) is 5.52. The van der Waals surface area contributed by atoms with Crippen LogP contribution >= 0.6 is 0 Å². The van der Waals surface area contributed by atoms with Crippen LogP contribution in [0.1, 0.15) is 85.0 Å². The molecule has 4 nitrogen and oxygen atoms in total. The quantitative estimate of drug-likeness (QED) is 0.471. The molecule has 3 fully saturated rings. The second-order valence-corrected chi connectivity index (χ2v) is 11.2. The average molecular weight is 433 g/mol. The van der Waals surface area contributed by atoms with Crippen LogP contribution in [-0.4, -0.2) is 44.8 Å². The molecule has 4 N–H and O–H groups in total. The van der Waals surface area contributed by atoms with E-state index >= 15 is 0 Å². The van der Waals surface area contributed by atoms with Crippen LogP contribution in [0.5, 0.6) is 0 Å². The van der Waals surface area contributed by atoms with Crippen molar-refractivity contribution in [3.8, 4) is 0 Å². The third-order valence-electron chi connectivity index (χ3n) is 8.70. The number of aliphatic hydroxyl groups is 4. The maximum Gasteiger partial charge on any atom is 0.0849 e. The van der Waals surface area contributed by atoms with Crippen molar-refractivity contribution in [1.29, 1.82) is 0 Å². The molecule has 0 radical (unpaired) electrons. The summed E-state index contributed by atoms with van der Waals surface area (Å²) in [6, 6.07) is 0. The zero-order valence-corrected chi connectivity index (χ0v) is 19.8. The molecule has 0 saturated heterocycles. The van der Waals surface area contributed by atoms with Gasteiger partial charge in [0, 0.05) is 6.42 Å². The van der Waals surface area contributed by atoms with Gasteiger partial charge in [0.2, 0.25) is 0 Å². The first-order valence-corrected chi connectivity index (χ1v) is 12.4. The summed E-state index contributed by atoms with van der Waals surface area (Å²) < 4.78 is 0. The van der Waals surface area contributed by atoms with Gasteiger partial charge in [0.15, 0.2) is 0 Å². The summed E-state index contributed by atoms with van der Waals surface area (Å²) in [6.07, 6.45) is 13.1. The second-order valence-electron chi connectivity index (χ2n) is 11.2. The van der Waals surface area contributed by atoms with Crippen LogP contribution in [0.2, 0.25) is 0 Å². The summed E-state index contributed by atoms with van der Waals surface area (Å²) in [5, 5.41) is 39.5. The molecule has 0 spiro atoms. The third-order valence-corrected chi connectivity index (χ3v) is 8.70. The Morgan fingerprint density at radius 2 is 2.00 bits per heavy atom. The summed E-state index contributed by atoms with van der Waals surface area (Å²) >= 11 is 0. The normalized spacial score (nSPS) is 39.5. The van der Waals surface area contributed by atoms with E-state index in [4.69, 9.17) is 0 Å². The molecule has 0 aliphatic heterocycles. The lowest BCUT2D eigenvalue weighted by Gasteiger charge is -2.44. The van der Waals surface area contributed by atoms with Crippen molar-refractivity contribution in [2.45, 2.75) is 103 Å². The highest BCUT2D eigenvalue weighted by molar-refractivity contribution is 5.38. The monoisotopic (exact) mass is 432 g/mol. The van der Waals surface area contributed by atoms with Crippen LogP contribution in [0.3, 0.4) is 0 Å². The number of allylic oxidation sites excluding steroid dienone is 3. The van der Waals surface area contributed by atoms with Gasteiger partial charge in [-0.05, 0) is 86.2 Å². The molecule has 3 rings (SSSR count). The second kappa shape index (κ2) is 9.91. The zero-order chi connectivity index (χ0) is 22.8. The van der Waals surface area contributed by atoms with E-state index in [2.05, 4.69) is 32.6 Å². The number of aliphatic hydroxyl groups excluding tert-OH is 3. The lowest BCUT2D eigenvalue weighted by atomic mass is 9.60. The van der Waals surface area contributed by atoms with Gasteiger partial charge >= 0.3 is 0 Å². The van der Waals surface area contributed by atoms with E-state index < -0.39 is 17.8 Å². The first-order valence-electron chi connectivity index (χ1n) is 12.4. The van der Waals surface area contributed by atoms with E-state index in [-0.39, 0.29) is 6.61 Å². The molecule has 2 unspecified atom stereocenters. The number of hydrogen-bond donors (Lipinski definition) is 4. The van der Waals surface area contributed by atoms with Gasteiger partial charge in [-0.15, -0.1) is 0 Å². The Hall–Kier alpha value is -0.940. The SMILES string of the molecule is C=C1C(=CC=C2CCC[C@@]3(C)C2CC[C@@H]3[C@H](C)CCC[C@@](C)(O)CO)C[C@@H](O)CC1O. The van der Waals surface area contributed by atoms with Crippen LogP contribution < -0.4 is 0 Å². The molecule has 7 atom stereocenters. The number of rotatable bonds is 7. The van der Waals surface area contributed by atoms with Gasteiger partial charge in [-0.1, -0.05) is 51.0 Å². The average Bonchev–Trinajstić information content (AvgIpc) is 3.07. The predicted molar refractivity (Wildman–Crippen MR) is 125 cm³/mol. The van der Waals surface area contributed by atoms with Crippen molar-refractivity contribution in [2.75, 3.05) is 6.61 Å². The summed E-state index contributed by atoms with van der Waals surface area (Å²) in [4.78, 5) is 0. The lowest BCUT2D eigenvalue weighted by Crippen LogP contribution is -2.36. The molecular formula is C27H44O4. The van der Waals surface area contributed by atoms with Gasteiger partial charge < -0.3 is 20.4 Å². The van der Waals surface area contributed by atoms with Crippen LogP contribution in [0.15, 0.2) is 35.5 Å². The lowest BCUT2D eigenvalue weighted by molar-refractivity contribution is -0.00891. The Labute approximate surface area is 188 Å². The number of fused-ring (bicyclic) bond motifs is 1. The van der Waals surface area contributed by atoms with Gasteiger partial charge in [0.1, 0.15) is 0 Å². The Balaban J connectivity index is 1.68. The molecular weight excluding hydrogens is 388 g/mol. The van der Waals surface area contributed by atoms with Crippen molar-refractivity contribution >= 4 is 0 Å². The summed E-state index contributed by atoms with van der Waals surface area (Å²) in [6.45, 7) is 10.5. The van der Waals surface area contributed by atoms with Gasteiger partial charge in [-0.25, -0.2) is 0 Å². The molecule has 0 aromatic carbocycles. The minimum Gasteiger partial charge on any atom is -0.393 e. The van der Waals surface area contributed by atoms with Crippen LogP contribution in [-0.2, 0) is 0 Å². The highest BCUT2D eigenvalue weighted by Gasteiger charge is 2.50. The Kier molecular flexibility index (Phi) is 7.89. The van der Waals surface area contributed by atoms with E-state index in [1.54, 1.807) is 6.92 Å². The molecule has 0 aromatic heterocycles. The van der Waals surface area contributed by atoms with Gasteiger partial charge in [0.05, 0.1) is 24.4 Å². The number of hydrogen-bond acceptors (Lipinski definition) is 4. The Bertz CT molecular complexity index is 706. The molecule has 176 valence electrons. The molecule has 0 bridgehead atoms. The fourth-order valence-corrected chi connectivity index (χ4v) is 6.76. The van der Waals surface area contributed by atoms with E-state index in [0.717, 1.165) is 30.4 Å². The first-order chi connectivity index (χ1) is 14.6. The van der Waals surface area contributed by atoms with E-state index in [1.165, 1.54) is 31.3 Å². The van der Waals surface area contributed by atoms with Crippen LogP contribution in [0.25, 0.3) is 0 Å². The van der Waals surface area contributed by atoms with Crippen LogP contribution in [0.4, 0.5) is 0 Å². The molecule has 0 aromatic rings.